The van der Waals surface area contributed by atoms with E-state index in [-0.39, 0.29) is 18.1 Å². The number of aromatic amines is 1. The van der Waals surface area contributed by atoms with Gasteiger partial charge in [-0.15, -0.1) is 0 Å². The molecule has 9 nitrogen and oxygen atoms in total. The van der Waals surface area contributed by atoms with Crippen molar-refractivity contribution in [3.05, 3.63) is 88.5 Å². The molecule has 0 bridgehead atoms. The van der Waals surface area contributed by atoms with Crippen molar-refractivity contribution in [1.82, 2.24) is 25.1 Å². The molecule has 2 heterocycles. The number of fused-ring (bicyclic) bond motifs is 2. The zero-order chi connectivity index (χ0) is 26.3. The van der Waals surface area contributed by atoms with Crippen LogP contribution in [0.1, 0.15) is 32.2 Å². The minimum atomic E-state index is -1.30. The summed E-state index contributed by atoms with van der Waals surface area (Å²) < 4.78 is 0. The van der Waals surface area contributed by atoms with Gasteiger partial charge in [-0.1, -0.05) is 48.5 Å². The lowest BCUT2D eigenvalue weighted by molar-refractivity contribution is -0.140. The van der Waals surface area contributed by atoms with Crippen LogP contribution in [-0.2, 0) is 21.7 Å². The summed E-state index contributed by atoms with van der Waals surface area (Å²) in [7, 11) is 0. The molecule has 0 spiro atoms. The van der Waals surface area contributed by atoms with E-state index >= 15 is 0 Å². The number of amides is 4. The molecule has 3 aromatic carbocycles. The number of H-pyrrole nitrogens is 1. The average Bonchev–Trinajstić information content (AvgIpc) is 3.10. The van der Waals surface area contributed by atoms with Crippen molar-refractivity contribution in [2.24, 2.45) is 0 Å². The maximum atomic E-state index is 13.5. The van der Waals surface area contributed by atoms with Crippen molar-refractivity contribution in [3.8, 4) is 0 Å². The molecule has 0 saturated carbocycles. The standard InChI is InChI=1S/C28H27N5O4/c1-17(2)32(15-23-29-22-11-7-6-10-21(22)25(35)30-23)24(34)16-33-26(36)28(3,31-27(33)37)20-13-12-18-8-4-5-9-19(18)14-20/h4-14,17H,15-16H2,1-3H3,(H,31,37)(H,29,30,35). The Balaban J connectivity index is 1.38. The van der Waals surface area contributed by atoms with Crippen LogP contribution in [-0.4, -0.2) is 50.2 Å². The average molecular weight is 498 g/mol. The number of aromatic nitrogens is 2. The van der Waals surface area contributed by atoms with E-state index in [0.29, 0.717) is 22.3 Å². The molecule has 1 aliphatic heterocycles. The molecule has 0 aliphatic carbocycles. The fraction of sp³-hybridized carbons (Fsp3) is 0.250. The van der Waals surface area contributed by atoms with Crippen LogP contribution < -0.4 is 10.9 Å². The number of urea groups is 1. The van der Waals surface area contributed by atoms with Crippen LogP contribution in [0.5, 0.6) is 0 Å². The van der Waals surface area contributed by atoms with Crippen LogP contribution in [0.2, 0.25) is 0 Å². The zero-order valence-corrected chi connectivity index (χ0v) is 20.8. The van der Waals surface area contributed by atoms with Gasteiger partial charge in [0.25, 0.3) is 11.5 Å². The van der Waals surface area contributed by atoms with E-state index in [1.54, 1.807) is 31.2 Å². The summed E-state index contributed by atoms with van der Waals surface area (Å²) in [5, 5.41) is 5.19. The fourth-order valence-electron chi connectivity index (χ4n) is 4.69. The Morgan fingerprint density at radius 2 is 1.70 bits per heavy atom. The van der Waals surface area contributed by atoms with Crippen molar-refractivity contribution in [2.75, 3.05) is 6.54 Å². The Morgan fingerprint density at radius 1 is 1.00 bits per heavy atom. The Bertz CT molecular complexity index is 1610. The minimum Gasteiger partial charge on any atom is -0.331 e. The van der Waals surface area contributed by atoms with Gasteiger partial charge in [-0.25, -0.2) is 9.78 Å². The van der Waals surface area contributed by atoms with Gasteiger partial charge in [-0.3, -0.25) is 19.3 Å². The predicted octanol–water partition coefficient (Wildman–Crippen LogP) is 3.28. The zero-order valence-electron chi connectivity index (χ0n) is 20.8. The first-order valence-electron chi connectivity index (χ1n) is 12.1. The number of nitrogens with zero attached hydrogens (tertiary/aromatic N) is 3. The number of carbonyl (C=O) groups excluding carboxylic acids is 3. The SMILES string of the molecule is CC(C)N(Cc1nc2ccccc2c(=O)[nH]1)C(=O)CN1C(=O)NC(C)(c2ccc3ccccc3c2)C1=O. The van der Waals surface area contributed by atoms with Gasteiger partial charge in [-0.2, -0.15) is 0 Å². The molecule has 1 aliphatic rings. The van der Waals surface area contributed by atoms with E-state index < -0.39 is 29.9 Å². The van der Waals surface area contributed by atoms with Gasteiger partial charge >= 0.3 is 6.03 Å². The summed E-state index contributed by atoms with van der Waals surface area (Å²) in [6.07, 6.45) is 0. The van der Waals surface area contributed by atoms with Crippen molar-refractivity contribution >= 4 is 39.5 Å². The molecule has 4 aromatic rings. The van der Waals surface area contributed by atoms with Crippen molar-refractivity contribution < 1.29 is 14.4 Å². The number of benzene rings is 3. The predicted molar refractivity (Wildman–Crippen MR) is 140 cm³/mol. The van der Waals surface area contributed by atoms with Gasteiger partial charge in [0.2, 0.25) is 5.91 Å². The highest BCUT2D eigenvalue weighted by Gasteiger charge is 2.49. The molecular formula is C28H27N5O4. The minimum absolute atomic E-state index is 0.0299. The highest BCUT2D eigenvalue weighted by Crippen LogP contribution is 2.31. The van der Waals surface area contributed by atoms with Gasteiger partial charge < -0.3 is 15.2 Å². The van der Waals surface area contributed by atoms with Gasteiger partial charge in [0.05, 0.1) is 17.4 Å². The number of hydrogen-bond donors (Lipinski definition) is 2. The topological polar surface area (TPSA) is 115 Å². The molecule has 9 heteroatoms. The van der Waals surface area contributed by atoms with E-state index in [9.17, 15) is 19.2 Å². The Hall–Kier alpha value is -4.53. The van der Waals surface area contributed by atoms with Crippen molar-refractivity contribution in [1.29, 1.82) is 0 Å². The highest BCUT2D eigenvalue weighted by atomic mass is 16.2. The smallest absolute Gasteiger partial charge is 0.325 e. The number of carbonyl (C=O) groups is 3. The van der Waals surface area contributed by atoms with Crippen molar-refractivity contribution in [2.45, 2.75) is 38.9 Å². The van der Waals surface area contributed by atoms with Crippen LogP contribution in [0.25, 0.3) is 21.7 Å². The van der Waals surface area contributed by atoms with Crippen LogP contribution in [0.3, 0.4) is 0 Å². The van der Waals surface area contributed by atoms with Gasteiger partial charge in [-0.05, 0) is 55.3 Å². The summed E-state index contributed by atoms with van der Waals surface area (Å²) in [6, 6.07) is 19.4. The summed E-state index contributed by atoms with van der Waals surface area (Å²) in [6.45, 7) is 4.89. The molecule has 1 unspecified atom stereocenters. The molecule has 188 valence electrons. The summed E-state index contributed by atoms with van der Waals surface area (Å²) in [4.78, 5) is 61.8. The first-order chi connectivity index (χ1) is 17.7. The maximum Gasteiger partial charge on any atom is 0.325 e. The van der Waals surface area contributed by atoms with Crippen LogP contribution >= 0.6 is 0 Å². The fourth-order valence-corrected chi connectivity index (χ4v) is 4.69. The summed E-state index contributed by atoms with van der Waals surface area (Å²) >= 11 is 0. The number of para-hydroxylation sites is 1. The van der Waals surface area contributed by atoms with E-state index in [0.717, 1.165) is 15.7 Å². The molecular weight excluding hydrogens is 470 g/mol. The molecule has 0 radical (unpaired) electrons. The van der Waals surface area contributed by atoms with Crippen molar-refractivity contribution in [3.63, 3.8) is 0 Å². The summed E-state index contributed by atoms with van der Waals surface area (Å²) in [5.74, 6) is -0.608. The monoisotopic (exact) mass is 497 g/mol. The molecule has 1 aromatic heterocycles. The molecule has 5 rings (SSSR count). The number of imide groups is 1. The largest absolute Gasteiger partial charge is 0.331 e. The quantitative estimate of drug-likeness (QED) is 0.397. The van der Waals surface area contributed by atoms with Gasteiger partial charge in [0.15, 0.2) is 0 Å². The Morgan fingerprint density at radius 3 is 2.46 bits per heavy atom. The normalized spacial score (nSPS) is 17.6. The Labute approximate surface area is 213 Å². The molecule has 1 fully saturated rings. The van der Waals surface area contributed by atoms with Crippen LogP contribution in [0, 0.1) is 0 Å². The summed E-state index contributed by atoms with van der Waals surface area (Å²) in [5.41, 5.74) is -0.428. The number of hydrogen-bond acceptors (Lipinski definition) is 5. The Kier molecular flexibility index (Phi) is 5.99. The maximum absolute atomic E-state index is 13.5. The number of nitrogens with one attached hydrogen (secondary N) is 2. The first kappa shape index (κ1) is 24.2. The second-order valence-corrected chi connectivity index (χ2v) is 9.65. The first-order valence-corrected chi connectivity index (χ1v) is 12.1. The lowest BCUT2D eigenvalue weighted by Crippen LogP contribution is -2.46. The lowest BCUT2D eigenvalue weighted by atomic mass is 9.90. The third kappa shape index (κ3) is 4.33. The lowest BCUT2D eigenvalue weighted by Gasteiger charge is -2.28. The molecule has 4 amide bonds. The molecule has 2 N–H and O–H groups in total. The van der Waals surface area contributed by atoms with E-state index in [4.69, 9.17) is 0 Å². The van der Waals surface area contributed by atoms with Gasteiger partial charge in [0.1, 0.15) is 17.9 Å². The van der Waals surface area contributed by atoms with E-state index in [1.165, 1.54) is 4.90 Å². The molecule has 37 heavy (non-hydrogen) atoms. The third-order valence-electron chi connectivity index (χ3n) is 6.82. The molecule has 1 saturated heterocycles. The molecule has 1 atom stereocenters. The number of rotatable bonds is 6. The second kappa shape index (κ2) is 9.16. The van der Waals surface area contributed by atoms with E-state index in [2.05, 4.69) is 15.3 Å². The second-order valence-electron chi connectivity index (χ2n) is 9.65. The van der Waals surface area contributed by atoms with Gasteiger partial charge in [0, 0.05) is 6.04 Å². The highest BCUT2D eigenvalue weighted by molar-refractivity contribution is 6.09. The van der Waals surface area contributed by atoms with Crippen LogP contribution in [0.4, 0.5) is 4.79 Å². The van der Waals surface area contributed by atoms with Crippen LogP contribution in [0.15, 0.2) is 71.5 Å². The van der Waals surface area contributed by atoms with E-state index in [1.807, 2.05) is 56.3 Å². The third-order valence-corrected chi connectivity index (χ3v) is 6.82.